The van der Waals surface area contributed by atoms with Crippen molar-refractivity contribution >= 4 is 11.8 Å². The van der Waals surface area contributed by atoms with Gasteiger partial charge in [-0.05, 0) is 37.5 Å². The predicted molar refractivity (Wildman–Crippen MR) is 60.4 cm³/mol. The SMILES string of the molecule is CC1CCC(C2CCC2)N(C(=O)C(N)=O)C1. The fraction of sp³-hybridized carbons (Fsp3) is 0.833. The van der Waals surface area contributed by atoms with E-state index in [0.717, 1.165) is 12.8 Å². The third kappa shape index (κ3) is 2.06. The van der Waals surface area contributed by atoms with Gasteiger partial charge in [-0.1, -0.05) is 13.3 Å². The van der Waals surface area contributed by atoms with Gasteiger partial charge in [-0.25, -0.2) is 0 Å². The molecule has 1 saturated heterocycles. The third-order valence-corrected chi connectivity index (χ3v) is 4.03. The molecule has 2 unspecified atom stereocenters. The molecule has 16 heavy (non-hydrogen) atoms. The summed E-state index contributed by atoms with van der Waals surface area (Å²) in [5.74, 6) is -0.197. The molecule has 2 N–H and O–H groups in total. The number of rotatable bonds is 1. The van der Waals surface area contributed by atoms with Crippen LogP contribution in [0.2, 0.25) is 0 Å². The average molecular weight is 224 g/mol. The van der Waals surface area contributed by atoms with Crippen molar-refractivity contribution in [1.82, 2.24) is 4.90 Å². The maximum Gasteiger partial charge on any atom is 0.311 e. The lowest BCUT2D eigenvalue weighted by Gasteiger charge is -2.45. The number of nitrogens with zero attached hydrogens (tertiary/aromatic N) is 1. The van der Waals surface area contributed by atoms with Crippen molar-refractivity contribution in [3.05, 3.63) is 0 Å². The maximum absolute atomic E-state index is 11.7. The first-order valence-corrected chi connectivity index (χ1v) is 6.20. The highest BCUT2D eigenvalue weighted by Crippen LogP contribution is 2.37. The summed E-state index contributed by atoms with van der Waals surface area (Å²) < 4.78 is 0. The van der Waals surface area contributed by atoms with Gasteiger partial charge in [-0.3, -0.25) is 9.59 Å². The van der Waals surface area contributed by atoms with Crippen molar-refractivity contribution in [3.63, 3.8) is 0 Å². The Kier molecular flexibility index (Phi) is 3.17. The summed E-state index contributed by atoms with van der Waals surface area (Å²) in [6, 6.07) is 0.268. The molecule has 2 rings (SSSR count). The van der Waals surface area contributed by atoms with Gasteiger partial charge in [-0.15, -0.1) is 0 Å². The Labute approximate surface area is 96.2 Å². The highest BCUT2D eigenvalue weighted by molar-refractivity contribution is 6.34. The summed E-state index contributed by atoms with van der Waals surface area (Å²) in [7, 11) is 0. The van der Waals surface area contributed by atoms with Crippen molar-refractivity contribution < 1.29 is 9.59 Å². The largest absolute Gasteiger partial charge is 0.361 e. The van der Waals surface area contributed by atoms with E-state index >= 15 is 0 Å². The summed E-state index contributed by atoms with van der Waals surface area (Å²) >= 11 is 0. The lowest BCUT2D eigenvalue weighted by atomic mass is 9.75. The van der Waals surface area contributed by atoms with Crippen LogP contribution in [-0.4, -0.2) is 29.3 Å². The molecule has 1 saturated carbocycles. The van der Waals surface area contributed by atoms with Gasteiger partial charge in [0.1, 0.15) is 0 Å². The van der Waals surface area contributed by atoms with Gasteiger partial charge in [0.05, 0.1) is 0 Å². The van der Waals surface area contributed by atoms with Crippen molar-refractivity contribution in [2.45, 2.75) is 45.1 Å². The lowest BCUT2D eigenvalue weighted by Crippen LogP contribution is -2.54. The van der Waals surface area contributed by atoms with Crippen LogP contribution in [0.3, 0.4) is 0 Å². The fourth-order valence-electron chi connectivity index (χ4n) is 2.86. The fourth-order valence-corrected chi connectivity index (χ4v) is 2.86. The lowest BCUT2D eigenvalue weighted by molar-refractivity contribution is -0.149. The van der Waals surface area contributed by atoms with E-state index in [1.807, 2.05) is 0 Å². The quantitative estimate of drug-likeness (QED) is 0.672. The Morgan fingerprint density at radius 1 is 1.19 bits per heavy atom. The molecule has 4 heteroatoms. The van der Waals surface area contributed by atoms with E-state index < -0.39 is 11.8 Å². The molecule has 2 aliphatic rings. The van der Waals surface area contributed by atoms with E-state index in [4.69, 9.17) is 5.73 Å². The van der Waals surface area contributed by atoms with Crippen LogP contribution in [0.5, 0.6) is 0 Å². The molecular weight excluding hydrogens is 204 g/mol. The number of piperidine rings is 1. The second-order valence-corrected chi connectivity index (χ2v) is 5.26. The standard InChI is InChI=1S/C12H20N2O2/c1-8-5-6-10(9-3-2-4-9)14(7-8)12(16)11(13)15/h8-10H,2-7H2,1H3,(H2,13,15). The Bertz CT molecular complexity index is 299. The van der Waals surface area contributed by atoms with Gasteiger partial charge in [0.15, 0.2) is 0 Å². The van der Waals surface area contributed by atoms with Crippen LogP contribution in [0.4, 0.5) is 0 Å². The second kappa shape index (κ2) is 4.44. The molecule has 0 aromatic rings. The molecule has 0 spiro atoms. The zero-order chi connectivity index (χ0) is 11.7. The Morgan fingerprint density at radius 3 is 2.38 bits per heavy atom. The van der Waals surface area contributed by atoms with Crippen molar-refractivity contribution in [2.24, 2.45) is 17.6 Å². The monoisotopic (exact) mass is 224 g/mol. The molecule has 1 aliphatic carbocycles. The second-order valence-electron chi connectivity index (χ2n) is 5.26. The van der Waals surface area contributed by atoms with E-state index in [0.29, 0.717) is 18.4 Å². The van der Waals surface area contributed by atoms with E-state index in [2.05, 4.69) is 6.92 Å². The zero-order valence-corrected chi connectivity index (χ0v) is 9.82. The number of primary amides is 1. The zero-order valence-electron chi connectivity index (χ0n) is 9.82. The smallest absolute Gasteiger partial charge is 0.311 e. The van der Waals surface area contributed by atoms with Gasteiger partial charge < -0.3 is 10.6 Å². The van der Waals surface area contributed by atoms with Gasteiger partial charge in [-0.2, -0.15) is 0 Å². The van der Waals surface area contributed by atoms with E-state index in [-0.39, 0.29) is 6.04 Å². The van der Waals surface area contributed by atoms with E-state index in [1.165, 1.54) is 19.3 Å². The number of likely N-dealkylation sites (tertiary alicyclic amines) is 1. The maximum atomic E-state index is 11.7. The molecule has 2 amide bonds. The van der Waals surface area contributed by atoms with Crippen LogP contribution >= 0.6 is 0 Å². The van der Waals surface area contributed by atoms with Crippen LogP contribution in [-0.2, 0) is 9.59 Å². The summed E-state index contributed by atoms with van der Waals surface area (Å²) in [6.07, 6.45) is 5.84. The van der Waals surface area contributed by atoms with Crippen molar-refractivity contribution in [2.75, 3.05) is 6.54 Å². The molecule has 1 aliphatic heterocycles. The first-order valence-electron chi connectivity index (χ1n) is 6.20. The predicted octanol–water partition coefficient (Wildman–Crippen LogP) is 0.899. The minimum atomic E-state index is -0.807. The number of carbonyl (C=O) groups is 2. The van der Waals surface area contributed by atoms with Crippen LogP contribution in [0, 0.1) is 11.8 Å². The molecule has 1 heterocycles. The van der Waals surface area contributed by atoms with Crippen LogP contribution in [0.25, 0.3) is 0 Å². The highest BCUT2D eigenvalue weighted by atomic mass is 16.2. The molecule has 90 valence electrons. The number of hydrogen-bond acceptors (Lipinski definition) is 2. The molecule has 2 atom stereocenters. The van der Waals surface area contributed by atoms with Gasteiger partial charge in [0.25, 0.3) is 0 Å². The molecule has 0 aromatic carbocycles. The van der Waals surface area contributed by atoms with Crippen LogP contribution in [0.1, 0.15) is 39.0 Å². The number of carbonyl (C=O) groups excluding carboxylic acids is 2. The van der Waals surface area contributed by atoms with Crippen LogP contribution < -0.4 is 5.73 Å². The molecule has 0 aromatic heterocycles. The third-order valence-electron chi connectivity index (χ3n) is 4.03. The summed E-state index contributed by atoms with van der Waals surface area (Å²) in [6.45, 7) is 2.82. The number of hydrogen-bond donors (Lipinski definition) is 1. The normalized spacial score (nSPS) is 30.9. The van der Waals surface area contributed by atoms with E-state index in [1.54, 1.807) is 4.90 Å². The molecule has 0 radical (unpaired) electrons. The molecular formula is C12H20N2O2. The van der Waals surface area contributed by atoms with Crippen LogP contribution in [0.15, 0.2) is 0 Å². The van der Waals surface area contributed by atoms with E-state index in [9.17, 15) is 9.59 Å². The van der Waals surface area contributed by atoms with Crippen molar-refractivity contribution in [1.29, 1.82) is 0 Å². The summed E-state index contributed by atoms with van der Waals surface area (Å²) in [5, 5.41) is 0. The van der Waals surface area contributed by atoms with Gasteiger partial charge in [0.2, 0.25) is 0 Å². The summed E-state index contributed by atoms with van der Waals surface area (Å²) in [4.78, 5) is 24.5. The average Bonchev–Trinajstić information content (AvgIpc) is 2.16. The number of amides is 2. The Hall–Kier alpha value is -1.06. The van der Waals surface area contributed by atoms with Gasteiger partial charge >= 0.3 is 11.8 Å². The molecule has 4 nitrogen and oxygen atoms in total. The highest BCUT2D eigenvalue weighted by Gasteiger charge is 2.38. The Balaban J connectivity index is 2.08. The molecule has 0 bridgehead atoms. The Morgan fingerprint density at radius 2 is 1.88 bits per heavy atom. The first kappa shape index (κ1) is 11.4. The van der Waals surface area contributed by atoms with Gasteiger partial charge in [0, 0.05) is 12.6 Å². The number of nitrogens with two attached hydrogens (primary N) is 1. The topological polar surface area (TPSA) is 63.4 Å². The minimum absolute atomic E-state index is 0.268. The first-order chi connectivity index (χ1) is 7.59. The minimum Gasteiger partial charge on any atom is -0.361 e. The molecule has 2 fully saturated rings. The van der Waals surface area contributed by atoms with Crippen molar-refractivity contribution in [3.8, 4) is 0 Å². The summed E-state index contributed by atoms with van der Waals surface area (Å²) in [5.41, 5.74) is 5.10.